The molecular formula is C11H6ClF3N2O. The Morgan fingerprint density at radius 1 is 1.22 bits per heavy atom. The van der Waals surface area contributed by atoms with E-state index >= 15 is 0 Å². The maximum Gasteiger partial charge on any atom is 0.417 e. The second-order valence-corrected chi connectivity index (χ2v) is 3.77. The summed E-state index contributed by atoms with van der Waals surface area (Å²) in [6.45, 7) is 0. The molecule has 0 N–H and O–H groups in total. The number of halogens is 4. The van der Waals surface area contributed by atoms with Crippen LogP contribution in [0.15, 0.2) is 29.1 Å². The van der Waals surface area contributed by atoms with Crippen molar-refractivity contribution in [3.63, 3.8) is 0 Å². The van der Waals surface area contributed by atoms with Crippen LogP contribution in [0.4, 0.5) is 13.2 Å². The molecule has 0 saturated heterocycles. The van der Waals surface area contributed by atoms with Crippen LogP contribution in [0.1, 0.15) is 17.0 Å². The van der Waals surface area contributed by atoms with Gasteiger partial charge in [0.1, 0.15) is 0 Å². The molecule has 0 fully saturated rings. The second-order valence-electron chi connectivity index (χ2n) is 3.36. The highest BCUT2D eigenvalue weighted by atomic mass is 35.5. The Morgan fingerprint density at radius 2 is 2.00 bits per heavy atom. The number of nitrogens with zero attached hydrogens (tertiary/aromatic N) is 2. The van der Waals surface area contributed by atoms with Crippen LogP contribution in [0.3, 0.4) is 0 Å². The van der Waals surface area contributed by atoms with Crippen LogP contribution in [-0.4, -0.2) is 10.1 Å². The van der Waals surface area contributed by atoms with Gasteiger partial charge in [0, 0.05) is 0 Å². The first-order chi connectivity index (χ1) is 8.47. The lowest BCUT2D eigenvalue weighted by molar-refractivity contribution is -0.137. The van der Waals surface area contributed by atoms with Gasteiger partial charge >= 0.3 is 6.18 Å². The van der Waals surface area contributed by atoms with Crippen molar-refractivity contribution in [2.24, 2.45) is 0 Å². The molecule has 0 unspecified atom stereocenters. The third-order valence-electron chi connectivity index (χ3n) is 2.10. The number of hydrogen-bond acceptors (Lipinski definition) is 3. The fourth-order valence-electron chi connectivity index (χ4n) is 1.29. The lowest BCUT2D eigenvalue weighted by Crippen LogP contribution is -2.05. The first-order valence-electron chi connectivity index (χ1n) is 4.78. The molecule has 0 aliphatic carbocycles. The maximum atomic E-state index is 12.6. The van der Waals surface area contributed by atoms with Crippen molar-refractivity contribution in [1.82, 2.24) is 10.1 Å². The second kappa shape index (κ2) is 4.81. The van der Waals surface area contributed by atoms with Gasteiger partial charge in [-0.1, -0.05) is 28.9 Å². The van der Waals surface area contributed by atoms with E-state index < -0.39 is 11.7 Å². The summed E-state index contributed by atoms with van der Waals surface area (Å²) >= 11 is 5.50. The Balaban J connectivity index is 2.30. The molecule has 0 atom stereocenters. The molecule has 0 aliphatic heterocycles. The fourth-order valence-corrected chi connectivity index (χ4v) is 1.51. The molecule has 0 spiro atoms. The van der Waals surface area contributed by atoms with Gasteiger partial charge in [-0.05, 0) is 23.8 Å². The molecule has 0 saturated carbocycles. The average Bonchev–Trinajstić information content (AvgIpc) is 2.79. The van der Waals surface area contributed by atoms with E-state index in [9.17, 15) is 13.2 Å². The highest BCUT2D eigenvalue weighted by Gasteiger charge is 2.33. The lowest BCUT2D eigenvalue weighted by atomic mass is 10.1. The molecule has 0 radical (unpaired) electrons. The lowest BCUT2D eigenvalue weighted by Gasteiger charge is -2.09. The van der Waals surface area contributed by atoms with Crippen molar-refractivity contribution in [2.75, 3.05) is 0 Å². The Morgan fingerprint density at radius 3 is 2.61 bits per heavy atom. The van der Waals surface area contributed by atoms with Crippen LogP contribution < -0.4 is 0 Å². The molecule has 1 heterocycles. The zero-order valence-corrected chi connectivity index (χ0v) is 9.53. The predicted molar refractivity (Wildman–Crippen MR) is 59.7 cm³/mol. The van der Waals surface area contributed by atoms with Gasteiger partial charge in [-0.2, -0.15) is 18.2 Å². The summed E-state index contributed by atoms with van der Waals surface area (Å²) in [5, 5.41) is 3.16. The summed E-state index contributed by atoms with van der Waals surface area (Å²) in [5.74, 6) is 0.276. The zero-order valence-electron chi connectivity index (χ0n) is 8.78. The molecule has 3 nitrogen and oxygen atoms in total. The normalized spacial score (nSPS) is 12.2. The van der Waals surface area contributed by atoms with Crippen LogP contribution >= 0.6 is 11.6 Å². The number of aromatic nitrogens is 2. The van der Waals surface area contributed by atoms with Crippen molar-refractivity contribution in [2.45, 2.75) is 6.18 Å². The largest absolute Gasteiger partial charge is 0.417 e. The third-order valence-corrected chi connectivity index (χ3v) is 2.43. The molecule has 7 heteroatoms. The van der Waals surface area contributed by atoms with E-state index in [1.54, 1.807) is 0 Å². The summed E-state index contributed by atoms with van der Waals surface area (Å²) in [4.78, 5) is 3.71. The predicted octanol–water partition coefficient (Wildman–Crippen LogP) is 3.91. The minimum Gasteiger partial charge on any atom is -0.342 e. The molecule has 1 aromatic carbocycles. The molecule has 0 amide bonds. The van der Waals surface area contributed by atoms with E-state index in [0.717, 1.165) is 12.5 Å². The van der Waals surface area contributed by atoms with E-state index in [1.165, 1.54) is 24.3 Å². The fraction of sp³-hybridized carbons (Fsp3) is 0.0909. The number of benzene rings is 1. The van der Waals surface area contributed by atoms with Crippen molar-refractivity contribution in [1.29, 1.82) is 0 Å². The summed E-state index contributed by atoms with van der Waals surface area (Å²) in [5.41, 5.74) is -0.532. The maximum absolute atomic E-state index is 12.6. The molecule has 94 valence electrons. The molecule has 0 bridgehead atoms. The van der Waals surface area contributed by atoms with E-state index in [2.05, 4.69) is 14.7 Å². The molecule has 2 aromatic rings. The van der Waals surface area contributed by atoms with Gasteiger partial charge in [0.25, 0.3) is 0 Å². The summed E-state index contributed by atoms with van der Waals surface area (Å²) in [6, 6.07) is 3.62. The number of hydrogen-bond donors (Lipinski definition) is 0. The average molecular weight is 275 g/mol. The highest BCUT2D eigenvalue weighted by Crippen LogP contribution is 2.35. The molecule has 1 aromatic heterocycles. The molecule has 18 heavy (non-hydrogen) atoms. The summed E-state index contributed by atoms with van der Waals surface area (Å²) in [6.07, 6.45) is -0.473. The van der Waals surface area contributed by atoms with Gasteiger partial charge < -0.3 is 4.52 Å². The third kappa shape index (κ3) is 2.89. The van der Waals surface area contributed by atoms with Gasteiger partial charge in [-0.25, -0.2) is 0 Å². The summed E-state index contributed by atoms with van der Waals surface area (Å²) < 4.78 is 42.3. The van der Waals surface area contributed by atoms with Gasteiger partial charge in [0.05, 0.1) is 10.6 Å². The smallest absolute Gasteiger partial charge is 0.342 e. The van der Waals surface area contributed by atoms with Crippen LogP contribution in [0.2, 0.25) is 5.02 Å². The van der Waals surface area contributed by atoms with E-state index in [-0.39, 0.29) is 10.8 Å². The van der Waals surface area contributed by atoms with Crippen molar-refractivity contribution in [3.8, 4) is 0 Å². The SMILES string of the molecule is FC(F)(F)c1cc(C=Cc2ncon2)ccc1Cl. The Kier molecular flexibility index (Phi) is 3.38. The quantitative estimate of drug-likeness (QED) is 0.833. The molecule has 2 rings (SSSR count). The van der Waals surface area contributed by atoms with Crippen molar-refractivity contribution >= 4 is 23.8 Å². The van der Waals surface area contributed by atoms with E-state index in [1.807, 2.05) is 0 Å². The highest BCUT2D eigenvalue weighted by molar-refractivity contribution is 6.31. The van der Waals surface area contributed by atoms with Gasteiger partial charge in [0.15, 0.2) is 5.82 Å². The Hall–Kier alpha value is -1.82. The first kappa shape index (κ1) is 12.6. The minimum absolute atomic E-state index is 0.276. The van der Waals surface area contributed by atoms with Crippen LogP contribution in [0.5, 0.6) is 0 Å². The number of rotatable bonds is 2. The zero-order chi connectivity index (χ0) is 13.2. The molecule has 0 aliphatic rings. The minimum atomic E-state index is -4.48. The van der Waals surface area contributed by atoms with Crippen molar-refractivity contribution < 1.29 is 17.7 Å². The number of alkyl halides is 3. The van der Waals surface area contributed by atoms with Gasteiger partial charge in [0.2, 0.25) is 6.39 Å². The Labute approximate surface area is 105 Å². The van der Waals surface area contributed by atoms with E-state index in [4.69, 9.17) is 11.6 Å². The summed E-state index contributed by atoms with van der Waals surface area (Å²) in [7, 11) is 0. The van der Waals surface area contributed by atoms with E-state index in [0.29, 0.717) is 5.56 Å². The first-order valence-corrected chi connectivity index (χ1v) is 5.16. The molecular weight excluding hydrogens is 269 g/mol. The topological polar surface area (TPSA) is 38.9 Å². The monoisotopic (exact) mass is 274 g/mol. The Bertz CT molecular complexity index is 564. The van der Waals surface area contributed by atoms with Gasteiger partial charge in [-0.15, -0.1) is 0 Å². The van der Waals surface area contributed by atoms with Crippen LogP contribution in [0, 0.1) is 0 Å². The van der Waals surface area contributed by atoms with Crippen LogP contribution in [-0.2, 0) is 6.18 Å². The standard InChI is InChI=1S/C11H6ClF3N2O/c12-9-3-1-7(5-8(9)11(13,14)15)2-4-10-16-6-18-17-10/h1-6H. The van der Waals surface area contributed by atoms with Crippen LogP contribution in [0.25, 0.3) is 12.2 Å². The van der Waals surface area contributed by atoms with Gasteiger partial charge in [-0.3, -0.25) is 0 Å². The van der Waals surface area contributed by atoms with Crippen molar-refractivity contribution in [3.05, 3.63) is 46.6 Å².